The Morgan fingerprint density at radius 3 is 2.79 bits per heavy atom. The minimum Gasteiger partial charge on any atom is -0.299 e. The van der Waals surface area contributed by atoms with E-state index in [4.69, 9.17) is 11.6 Å². The van der Waals surface area contributed by atoms with Crippen LogP contribution in [-0.4, -0.2) is 24.8 Å². The fourth-order valence-electron chi connectivity index (χ4n) is 2.69. The van der Waals surface area contributed by atoms with Crippen LogP contribution in [0, 0.1) is 0 Å². The fraction of sp³-hybridized carbons (Fsp3) is 0.263. The second-order valence-electron chi connectivity index (χ2n) is 5.70. The smallest absolute Gasteiger partial charge is 0.278 e. The molecule has 2 aromatic carbocycles. The lowest BCUT2D eigenvalue weighted by Crippen LogP contribution is -2.38. The molecular formula is C19H20ClN3O. The average molecular weight is 342 g/mol. The molecule has 0 spiro atoms. The first-order valence-electron chi connectivity index (χ1n) is 8.17. The molecule has 3 rings (SSSR count). The number of anilines is 1. The average Bonchev–Trinajstić information content (AvgIpc) is 2.84. The van der Waals surface area contributed by atoms with Crippen molar-refractivity contribution in [3.63, 3.8) is 0 Å². The maximum atomic E-state index is 12.8. The molecule has 0 unspecified atom stereocenters. The van der Waals surface area contributed by atoms with Crippen molar-refractivity contribution in [3.8, 4) is 0 Å². The van der Waals surface area contributed by atoms with Crippen LogP contribution < -0.4 is 10.2 Å². The summed E-state index contributed by atoms with van der Waals surface area (Å²) in [7, 11) is 0. The second kappa shape index (κ2) is 7.60. The Hall–Kier alpha value is -2.17. The number of para-hydroxylation sites is 1. The van der Waals surface area contributed by atoms with Crippen molar-refractivity contribution >= 4 is 34.6 Å². The number of carbonyl (C=O) groups excluding carboxylic acids is 1. The molecule has 0 fully saturated rings. The number of amides is 1. The van der Waals surface area contributed by atoms with Crippen molar-refractivity contribution in [2.24, 2.45) is 4.99 Å². The molecule has 4 nitrogen and oxygen atoms in total. The van der Waals surface area contributed by atoms with E-state index in [1.807, 2.05) is 36.4 Å². The van der Waals surface area contributed by atoms with Gasteiger partial charge in [0.2, 0.25) is 0 Å². The molecule has 0 radical (unpaired) electrons. The van der Waals surface area contributed by atoms with E-state index in [9.17, 15) is 4.79 Å². The molecule has 0 atom stereocenters. The Kier molecular flexibility index (Phi) is 5.28. The van der Waals surface area contributed by atoms with E-state index >= 15 is 0 Å². The van der Waals surface area contributed by atoms with Gasteiger partial charge in [0.05, 0.1) is 18.0 Å². The van der Waals surface area contributed by atoms with Crippen LogP contribution in [-0.2, 0) is 4.79 Å². The van der Waals surface area contributed by atoms with Crippen molar-refractivity contribution in [2.45, 2.75) is 19.8 Å². The van der Waals surface area contributed by atoms with Gasteiger partial charge in [-0.3, -0.25) is 15.0 Å². The highest BCUT2D eigenvalue weighted by molar-refractivity contribution is 6.54. The van der Waals surface area contributed by atoms with Crippen molar-refractivity contribution in [3.05, 3.63) is 59.1 Å². The lowest BCUT2D eigenvalue weighted by atomic mass is 10.1. The molecule has 0 bridgehead atoms. The first kappa shape index (κ1) is 16.7. The van der Waals surface area contributed by atoms with Gasteiger partial charge in [0.25, 0.3) is 5.91 Å². The molecule has 124 valence electrons. The van der Waals surface area contributed by atoms with E-state index in [1.54, 1.807) is 17.0 Å². The molecule has 1 aliphatic rings. The summed E-state index contributed by atoms with van der Waals surface area (Å²) in [5, 5.41) is 3.93. The summed E-state index contributed by atoms with van der Waals surface area (Å²) in [4.78, 5) is 19.1. The summed E-state index contributed by atoms with van der Waals surface area (Å²) >= 11 is 6.02. The fourth-order valence-corrected chi connectivity index (χ4v) is 2.88. The molecular weight excluding hydrogens is 322 g/mol. The predicted molar refractivity (Wildman–Crippen MR) is 99.4 cm³/mol. The molecule has 24 heavy (non-hydrogen) atoms. The Labute approximate surface area is 147 Å². The van der Waals surface area contributed by atoms with Gasteiger partial charge in [-0.1, -0.05) is 49.2 Å². The van der Waals surface area contributed by atoms with Gasteiger partial charge in [-0.05, 0) is 37.2 Å². The topological polar surface area (TPSA) is 44.7 Å². The number of fused-ring (bicyclic) bond motifs is 1. The zero-order valence-electron chi connectivity index (χ0n) is 13.6. The van der Waals surface area contributed by atoms with Crippen LogP contribution in [0.3, 0.4) is 0 Å². The minimum absolute atomic E-state index is 0.0832. The molecule has 1 heterocycles. The van der Waals surface area contributed by atoms with E-state index < -0.39 is 0 Å². The summed E-state index contributed by atoms with van der Waals surface area (Å²) < 4.78 is 0. The van der Waals surface area contributed by atoms with Gasteiger partial charge >= 0.3 is 0 Å². The second-order valence-corrected chi connectivity index (χ2v) is 6.14. The predicted octanol–water partition coefficient (Wildman–Crippen LogP) is 4.15. The maximum Gasteiger partial charge on any atom is 0.278 e. The monoisotopic (exact) mass is 341 g/mol. The van der Waals surface area contributed by atoms with Gasteiger partial charge in [-0.25, -0.2) is 4.99 Å². The number of rotatable bonds is 6. The number of nitrogens with one attached hydrogen (secondary N) is 1. The molecule has 0 aliphatic carbocycles. The van der Waals surface area contributed by atoms with Crippen LogP contribution in [0.2, 0.25) is 5.02 Å². The lowest BCUT2D eigenvalue weighted by molar-refractivity contribution is -0.112. The number of carbonyl (C=O) groups is 1. The highest BCUT2D eigenvalue weighted by atomic mass is 35.5. The molecule has 5 heteroatoms. The van der Waals surface area contributed by atoms with Gasteiger partial charge in [-0.2, -0.15) is 0 Å². The highest BCUT2D eigenvalue weighted by Gasteiger charge is 2.33. The van der Waals surface area contributed by atoms with Gasteiger partial charge in [0, 0.05) is 10.6 Å². The van der Waals surface area contributed by atoms with Crippen LogP contribution in [0.15, 0.2) is 53.5 Å². The molecule has 1 aliphatic heterocycles. The van der Waals surface area contributed by atoms with Crippen LogP contribution in [0.4, 0.5) is 11.4 Å². The summed E-state index contributed by atoms with van der Waals surface area (Å²) in [6.07, 6.45) is 2.21. The molecule has 2 aromatic rings. The largest absolute Gasteiger partial charge is 0.299 e. The quantitative estimate of drug-likeness (QED) is 0.802. The zero-order valence-corrected chi connectivity index (χ0v) is 14.4. The van der Waals surface area contributed by atoms with E-state index in [2.05, 4.69) is 17.2 Å². The van der Waals surface area contributed by atoms with E-state index in [1.165, 1.54) is 0 Å². The summed E-state index contributed by atoms with van der Waals surface area (Å²) in [5.74, 6) is -0.0832. The third kappa shape index (κ3) is 3.50. The standard InChI is InChI=1S/C19H20ClN3O/c1-2-3-11-21-13-23-17-10-5-4-9-16(17)18(19(23)24)22-15-8-6-7-14(20)12-15/h4-10,12,21H,2-3,11,13H2,1H3. The number of nitrogens with zero attached hydrogens (tertiary/aromatic N) is 2. The van der Waals surface area contributed by atoms with Crippen LogP contribution in [0.1, 0.15) is 25.3 Å². The van der Waals surface area contributed by atoms with Crippen molar-refractivity contribution in [2.75, 3.05) is 18.1 Å². The first-order valence-corrected chi connectivity index (χ1v) is 8.54. The summed E-state index contributed by atoms with van der Waals surface area (Å²) in [6, 6.07) is 15.0. The molecule has 0 saturated carbocycles. The van der Waals surface area contributed by atoms with Crippen LogP contribution >= 0.6 is 11.6 Å². The maximum absolute atomic E-state index is 12.8. The normalized spacial score (nSPS) is 15.2. The third-order valence-corrected chi connectivity index (χ3v) is 4.16. The number of hydrogen-bond acceptors (Lipinski definition) is 3. The lowest BCUT2D eigenvalue weighted by Gasteiger charge is -2.17. The van der Waals surface area contributed by atoms with Crippen molar-refractivity contribution in [1.29, 1.82) is 0 Å². The van der Waals surface area contributed by atoms with E-state index in [-0.39, 0.29) is 5.91 Å². The van der Waals surface area contributed by atoms with E-state index in [0.717, 1.165) is 30.6 Å². The summed E-state index contributed by atoms with van der Waals surface area (Å²) in [6.45, 7) is 3.53. The Balaban J connectivity index is 1.90. The minimum atomic E-state index is -0.0832. The Bertz CT molecular complexity index is 773. The first-order chi connectivity index (χ1) is 11.7. The summed E-state index contributed by atoms with van der Waals surface area (Å²) in [5.41, 5.74) is 2.90. The third-order valence-electron chi connectivity index (χ3n) is 3.92. The van der Waals surface area contributed by atoms with Crippen molar-refractivity contribution in [1.82, 2.24) is 5.32 Å². The number of hydrogen-bond donors (Lipinski definition) is 1. The zero-order chi connectivity index (χ0) is 16.9. The van der Waals surface area contributed by atoms with Crippen molar-refractivity contribution < 1.29 is 4.79 Å². The SMILES string of the molecule is CCCCNCN1C(=O)C(=Nc2cccc(Cl)c2)c2ccccc21. The van der Waals surface area contributed by atoms with Crippen LogP contribution in [0.25, 0.3) is 0 Å². The number of aliphatic imine (C=N–C) groups is 1. The van der Waals surface area contributed by atoms with Gasteiger partial charge in [-0.15, -0.1) is 0 Å². The molecule has 1 N–H and O–H groups in total. The van der Waals surface area contributed by atoms with E-state index in [0.29, 0.717) is 23.1 Å². The Morgan fingerprint density at radius 2 is 2.00 bits per heavy atom. The number of unbranched alkanes of at least 4 members (excludes halogenated alkanes) is 1. The molecule has 1 amide bonds. The number of benzene rings is 2. The van der Waals surface area contributed by atoms with Gasteiger partial charge in [0.1, 0.15) is 5.71 Å². The number of halogens is 1. The van der Waals surface area contributed by atoms with Gasteiger partial charge < -0.3 is 0 Å². The molecule has 0 aromatic heterocycles. The Morgan fingerprint density at radius 1 is 1.17 bits per heavy atom. The van der Waals surface area contributed by atoms with Gasteiger partial charge in [0.15, 0.2) is 0 Å². The highest BCUT2D eigenvalue weighted by Crippen LogP contribution is 2.30. The van der Waals surface area contributed by atoms with Crippen LogP contribution in [0.5, 0.6) is 0 Å². The molecule has 0 saturated heterocycles.